The predicted molar refractivity (Wildman–Crippen MR) is 35.0 cm³/mol. The number of hydrogen-bond donors (Lipinski definition) is 2. The summed E-state index contributed by atoms with van der Waals surface area (Å²) in [5.41, 5.74) is 0. The third kappa shape index (κ3) is 1.30. The van der Waals surface area contributed by atoms with Gasteiger partial charge in [-0.05, 0) is 4.92 Å². The number of nitrogens with zero attached hydrogens (tertiary/aromatic N) is 4. The Bertz CT molecular complexity index is 235. The van der Waals surface area contributed by atoms with Crippen molar-refractivity contribution in [3.8, 4) is 0 Å². The van der Waals surface area contributed by atoms with E-state index in [4.69, 9.17) is 10.9 Å². The van der Waals surface area contributed by atoms with Gasteiger partial charge in [0.2, 0.25) is 6.23 Å². The Morgan fingerprint density at radius 1 is 1.91 bits per heavy atom. The minimum atomic E-state index is -1.28. The van der Waals surface area contributed by atoms with Crippen LogP contribution < -0.4 is 5.84 Å². The van der Waals surface area contributed by atoms with Gasteiger partial charge in [-0.3, -0.25) is 0 Å². The third-order valence-corrected chi connectivity index (χ3v) is 1.03. The van der Waals surface area contributed by atoms with Crippen LogP contribution in [-0.4, -0.2) is 33.4 Å². The Morgan fingerprint density at radius 3 is 3.00 bits per heavy atom. The van der Waals surface area contributed by atoms with Crippen LogP contribution in [0.4, 0.5) is 0 Å². The van der Waals surface area contributed by atoms with Crippen LogP contribution in [0, 0.1) is 10.1 Å². The Balaban J connectivity index is 2.87. The van der Waals surface area contributed by atoms with E-state index in [9.17, 15) is 10.1 Å². The molecule has 8 nitrogen and oxygen atoms in total. The molecule has 0 saturated heterocycles. The average molecular weight is 159 g/mol. The van der Waals surface area contributed by atoms with Crippen LogP contribution in [0.15, 0.2) is 10.2 Å². The van der Waals surface area contributed by atoms with E-state index in [1.54, 1.807) is 0 Å². The fourth-order valence-corrected chi connectivity index (χ4v) is 0.517. The van der Waals surface area contributed by atoms with Crippen molar-refractivity contribution < 1.29 is 10.0 Å². The van der Waals surface area contributed by atoms with Crippen LogP contribution in [0.5, 0.6) is 0 Å². The maximum Gasteiger partial charge on any atom is 0.472 e. The van der Waals surface area contributed by atoms with Gasteiger partial charge < -0.3 is 15.2 Å². The van der Waals surface area contributed by atoms with E-state index in [0.29, 0.717) is 5.01 Å². The Kier molecular flexibility index (Phi) is 1.79. The molecule has 0 aromatic carbocycles. The quantitative estimate of drug-likeness (QED) is 0.243. The third-order valence-electron chi connectivity index (χ3n) is 1.03. The van der Waals surface area contributed by atoms with Crippen LogP contribution in [0.1, 0.15) is 0 Å². The average Bonchev–Trinajstić information content (AvgIpc) is 1.94. The number of hydrogen-bond acceptors (Lipinski definition) is 7. The maximum absolute atomic E-state index is 10.1. The van der Waals surface area contributed by atoms with Gasteiger partial charge in [-0.25, -0.2) is 0 Å². The number of guanidine groups is 1. The Hall–Kier alpha value is -1.54. The molecule has 11 heavy (non-hydrogen) atoms. The van der Waals surface area contributed by atoms with E-state index in [1.807, 2.05) is 0 Å². The van der Waals surface area contributed by atoms with Gasteiger partial charge in [-0.15, -0.1) is 0 Å². The molecule has 1 heterocycles. The summed E-state index contributed by atoms with van der Waals surface area (Å²) in [6.07, 6.45) is -0.305. The largest absolute Gasteiger partial charge is 0.472 e. The van der Waals surface area contributed by atoms with Crippen molar-refractivity contribution in [1.29, 1.82) is 0 Å². The van der Waals surface area contributed by atoms with E-state index < -0.39 is 17.1 Å². The van der Waals surface area contributed by atoms with E-state index in [-0.39, 0.29) is 0 Å². The highest BCUT2D eigenvalue weighted by Crippen LogP contribution is 1.97. The van der Waals surface area contributed by atoms with Crippen molar-refractivity contribution in [3.05, 3.63) is 10.1 Å². The molecule has 0 aromatic heterocycles. The molecule has 0 spiro atoms. The van der Waals surface area contributed by atoms with Gasteiger partial charge in [-0.2, -0.15) is 10.9 Å². The standard InChI is InChI=1S/C3H5N5O3/c4-7-2(9)1-5-6-3(7)8(10)11/h1-2,9H,4H2. The first kappa shape index (κ1) is 7.57. The smallest absolute Gasteiger partial charge is 0.390 e. The summed E-state index contributed by atoms with van der Waals surface area (Å²) in [6.45, 7) is 0. The number of rotatable bonds is 0. The second kappa shape index (κ2) is 2.60. The van der Waals surface area contributed by atoms with E-state index in [1.165, 1.54) is 0 Å². The first-order valence-corrected chi connectivity index (χ1v) is 2.60. The predicted octanol–water partition coefficient (Wildman–Crippen LogP) is -1.89. The van der Waals surface area contributed by atoms with Crippen LogP contribution in [0.2, 0.25) is 0 Å². The van der Waals surface area contributed by atoms with Crippen LogP contribution in [0.25, 0.3) is 0 Å². The highest BCUT2D eigenvalue weighted by molar-refractivity contribution is 5.79. The molecule has 3 N–H and O–H groups in total. The molecule has 8 heteroatoms. The van der Waals surface area contributed by atoms with Crippen LogP contribution in [-0.2, 0) is 0 Å². The number of hydrazine groups is 1. The summed E-state index contributed by atoms with van der Waals surface area (Å²) in [6, 6.07) is 0. The van der Waals surface area contributed by atoms with Gasteiger partial charge in [0.05, 0.1) is 5.10 Å². The van der Waals surface area contributed by atoms with Crippen molar-refractivity contribution in [2.24, 2.45) is 16.0 Å². The van der Waals surface area contributed by atoms with E-state index in [2.05, 4.69) is 10.2 Å². The molecule has 0 saturated carbocycles. The molecule has 1 aliphatic rings. The zero-order valence-electron chi connectivity index (χ0n) is 5.28. The Labute approximate surface area is 60.7 Å². The monoisotopic (exact) mass is 159 g/mol. The Morgan fingerprint density at radius 2 is 2.55 bits per heavy atom. The van der Waals surface area contributed by atoms with Crippen LogP contribution in [0.3, 0.4) is 0 Å². The van der Waals surface area contributed by atoms with Crippen molar-refractivity contribution in [2.45, 2.75) is 6.23 Å². The first-order valence-electron chi connectivity index (χ1n) is 2.60. The molecule has 0 amide bonds. The molecule has 0 aromatic rings. The summed E-state index contributed by atoms with van der Waals surface area (Å²) >= 11 is 0. The molecule has 0 aliphatic carbocycles. The van der Waals surface area contributed by atoms with Crippen LogP contribution >= 0.6 is 0 Å². The lowest BCUT2D eigenvalue weighted by molar-refractivity contribution is -0.367. The SMILES string of the molecule is NN1C([N+](=O)[O-])=NN=CC1O. The topological polar surface area (TPSA) is 117 Å². The maximum atomic E-state index is 10.1. The van der Waals surface area contributed by atoms with Gasteiger partial charge in [-0.1, -0.05) is 5.10 Å². The summed E-state index contributed by atoms with van der Waals surface area (Å²) < 4.78 is 0. The summed E-state index contributed by atoms with van der Waals surface area (Å²) in [7, 11) is 0. The van der Waals surface area contributed by atoms with Gasteiger partial charge in [0.1, 0.15) is 6.21 Å². The van der Waals surface area contributed by atoms with Crippen molar-refractivity contribution in [1.82, 2.24) is 5.01 Å². The molecule has 1 aliphatic heterocycles. The number of aliphatic hydroxyl groups excluding tert-OH is 1. The summed E-state index contributed by atoms with van der Waals surface area (Å²) in [5.74, 6) is 4.36. The molecule has 0 fully saturated rings. The zero-order chi connectivity index (χ0) is 8.43. The molecule has 1 unspecified atom stereocenters. The fraction of sp³-hybridized carbons (Fsp3) is 0.333. The molecular formula is C3H5N5O3. The second-order valence-corrected chi connectivity index (χ2v) is 1.74. The number of nitrogens with two attached hydrogens (primary N) is 1. The summed E-state index contributed by atoms with van der Waals surface area (Å²) in [4.78, 5) is 9.24. The van der Waals surface area contributed by atoms with E-state index >= 15 is 0 Å². The minimum Gasteiger partial charge on any atom is -0.390 e. The normalized spacial score (nSPS) is 23.3. The highest BCUT2D eigenvalue weighted by Gasteiger charge is 2.29. The van der Waals surface area contributed by atoms with Crippen molar-refractivity contribution >= 4 is 12.2 Å². The molecular weight excluding hydrogens is 154 g/mol. The second-order valence-electron chi connectivity index (χ2n) is 1.74. The van der Waals surface area contributed by atoms with Gasteiger partial charge >= 0.3 is 5.96 Å². The van der Waals surface area contributed by atoms with E-state index in [0.717, 1.165) is 6.21 Å². The minimum absolute atomic E-state index is 0.507. The van der Waals surface area contributed by atoms with Gasteiger partial charge in [0, 0.05) is 0 Å². The summed E-state index contributed by atoms with van der Waals surface area (Å²) in [5, 5.41) is 25.7. The lowest BCUT2D eigenvalue weighted by Crippen LogP contribution is -2.50. The number of nitro groups is 1. The molecule has 60 valence electrons. The van der Waals surface area contributed by atoms with Gasteiger partial charge in [0.15, 0.2) is 0 Å². The fourth-order valence-electron chi connectivity index (χ4n) is 0.517. The zero-order valence-corrected chi connectivity index (χ0v) is 5.28. The van der Waals surface area contributed by atoms with Gasteiger partial charge in [0.25, 0.3) is 0 Å². The number of aliphatic hydroxyl groups is 1. The molecule has 0 bridgehead atoms. The lowest BCUT2D eigenvalue weighted by atomic mass is 10.6. The lowest BCUT2D eigenvalue weighted by Gasteiger charge is -2.15. The highest BCUT2D eigenvalue weighted by atomic mass is 16.6. The van der Waals surface area contributed by atoms with Crippen molar-refractivity contribution in [3.63, 3.8) is 0 Å². The van der Waals surface area contributed by atoms with Crippen molar-refractivity contribution in [2.75, 3.05) is 0 Å². The molecule has 1 rings (SSSR count). The molecule has 1 atom stereocenters. The first-order chi connectivity index (χ1) is 5.13. The molecule has 0 radical (unpaired) electrons.